The van der Waals surface area contributed by atoms with E-state index in [-0.39, 0.29) is 0 Å². The first-order valence-electron chi connectivity index (χ1n) is 3.96. The Morgan fingerprint density at radius 3 is 3.10 bits per heavy atom. The molecule has 0 saturated carbocycles. The van der Waals surface area contributed by atoms with Crippen LogP contribution in [-0.2, 0) is 4.74 Å². The van der Waals surface area contributed by atoms with Gasteiger partial charge in [0.1, 0.15) is 0 Å². The summed E-state index contributed by atoms with van der Waals surface area (Å²) in [5.41, 5.74) is 0. The van der Waals surface area contributed by atoms with Crippen molar-refractivity contribution in [3.8, 4) is 0 Å². The summed E-state index contributed by atoms with van der Waals surface area (Å²) in [6.07, 6.45) is 3.75. The predicted octanol–water partition coefficient (Wildman–Crippen LogP) is 0.981. The van der Waals surface area contributed by atoms with Gasteiger partial charge in [0, 0.05) is 20.3 Å². The Hall–Kier alpha value is -0.0800. The molecule has 1 heterocycles. The lowest BCUT2D eigenvalue weighted by Gasteiger charge is -2.21. The topological polar surface area (TPSA) is 21.3 Å². The van der Waals surface area contributed by atoms with Gasteiger partial charge in [-0.25, -0.2) is 0 Å². The van der Waals surface area contributed by atoms with Gasteiger partial charge >= 0.3 is 0 Å². The third-order valence-electron chi connectivity index (χ3n) is 1.92. The second kappa shape index (κ2) is 4.69. The molecule has 2 nitrogen and oxygen atoms in total. The molecule has 2 heteroatoms. The van der Waals surface area contributed by atoms with Crippen molar-refractivity contribution in [1.29, 1.82) is 0 Å². The number of ether oxygens (including phenoxy) is 1. The van der Waals surface area contributed by atoms with Crippen molar-refractivity contribution in [3.63, 3.8) is 0 Å². The van der Waals surface area contributed by atoms with Crippen LogP contribution in [-0.4, -0.2) is 26.8 Å². The van der Waals surface area contributed by atoms with E-state index in [0.29, 0.717) is 0 Å². The van der Waals surface area contributed by atoms with Crippen LogP contribution < -0.4 is 5.32 Å². The molecule has 1 aliphatic heterocycles. The molecule has 0 amide bonds. The summed E-state index contributed by atoms with van der Waals surface area (Å²) in [7, 11) is 1.76. The van der Waals surface area contributed by atoms with Gasteiger partial charge in [0.2, 0.25) is 0 Å². The third kappa shape index (κ3) is 2.67. The van der Waals surface area contributed by atoms with E-state index in [1.54, 1.807) is 13.0 Å². The monoisotopic (exact) mass is 142 g/mol. The van der Waals surface area contributed by atoms with E-state index < -0.39 is 0 Å². The van der Waals surface area contributed by atoms with Crippen molar-refractivity contribution < 1.29 is 4.74 Å². The molecule has 0 aromatic carbocycles. The van der Waals surface area contributed by atoms with Crippen molar-refractivity contribution in [2.75, 3.05) is 26.8 Å². The van der Waals surface area contributed by atoms with E-state index in [1.807, 2.05) is 0 Å². The fourth-order valence-corrected chi connectivity index (χ4v) is 1.28. The molecule has 10 heavy (non-hydrogen) atoms. The van der Waals surface area contributed by atoms with Gasteiger partial charge in [0.15, 0.2) is 0 Å². The highest BCUT2D eigenvalue weighted by molar-refractivity contribution is 4.94. The summed E-state index contributed by atoms with van der Waals surface area (Å²) in [6.45, 7) is 3.19. The van der Waals surface area contributed by atoms with Crippen LogP contribution in [0.15, 0.2) is 0 Å². The fourth-order valence-electron chi connectivity index (χ4n) is 1.28. The lowest BCUT2D eigenvalue weighted by molar-refractivity contribution is 0.194. The first-order chi connectivity index (χ1) is 4.93. The normalized spacial score (nSPS) is 21.3. The van der Waals surface area contributed by atoms with Gasteiger partial charge in [-0.2, -0.15) is 0 Å². The Balaban J connectivity index is 2.02. The first-order valence-corrected chi connectivity index (χ1v) is 3.96. The third-order valence-corrected chi connectivity index (χ3v) is 1.92. The smallest absolute Gasteiger partial charge is 0.0468 e. The van der Waals surface area contributed by atoms with Gasteiger partial charge in [0.25, 0.3) is 0 Å². The first kappa shape index (κ1) is 8.02. The number of rotatable bonds is 3. The highest BCUT2D eigenvalue weighted by Gasteiger charge is 2.11. The SMILES string of the molecule is COCC[C]1CCCNC1. The lowest BCUT2D eigenvalue weighted by Crippen LogP contribution is -2.28. The minimum Gasteiger partial charge on any atom is -0.385 e. The molecule has 0 bridgehead atoms. The summed E-state index contributed by atoms with van der Waals surface area (Å²) >= 11 is 0. The summed E-state index contributed by atoms with van der Waals surface area (Å²) in [6, 6.07) is 0. The fraction of sp³-hybridized carbons (Fsp3) is 0.875. The molecule has 1 saturated heterocycles. The summed E-state index contributed by atoms with van der Waals surface area (Å²) in [5.74, 6) is 1.62. The highest BCUT2D eigenvalue weighted by atomic mass is 16.5. The molecule has 1 N–H and O–H groups in total. The van der Waals surface area contributed by atoms with E-state index in [2.05, 4.69) is 5.32 Å². The van der Waals surface area contributed by atoms with Gasteiger partial charge in [-0.15, -0.1) is 0 Å². The largest absolute Gasteiger partial charge is 0.385 e. The lowest BCUT2D eigenvalue weighted by atomic mass is 9.97. The van der Waals surface area contributed by atoms with E-state index in [1.165, 1.54) is 19.4 Å². The Kier molecular flexibility index (Phi) is 3.76. The molecule has 0 unspecified atom stereocenters. The molecule has 0 aliphatic carbocycles. The van der Waals surface area contributed by atoms with Crippen molar-refractivity contribution in [2.24, 2.45) is 0 Å². The highest BCUT2D eigenvalue weighted by Crippen LogP contribution is 2.15. The zero-order valence-electron chi connectivity index (χ0n) is 6.65. The van der Waals surface area contributed by atoms with Gasteiger partial charge in [-0.05, 0) is 31.7 Å². The van der Waals surface area contributed by atoms with Crippen LogP contribution >= 0.6 is 0 Å². The summed E-state index contributed by atoms with van der Waals surface area (Å²) in [5, 5.41) is 3.35. The zero-order chi connectivity index (χ0) is 7.23. The van der Waals surface area contributed by atoms with Crippen LogP contribution in [0.3, 0.4) is 0 Å². The van der Waals surface area contributed by atoms with E-state index in [4.69, 9.17) is 4.74 Å². The van der Waals surface area contributed by atoms with Crippen molar-refractivity contribution in [2.45, 2.75) is 19.3 Å². The van der Waals surface area contributed by atoms with Crippen LogP contribution in [0.1, 0.15) is 19.3 Å². The number of methoxy groups -OCH3 is 1. The van der Waals surface area contributed by atoms with E-state index in [9.17, 15) is 0 Å². The Morgan fingerprint density at radius 1 is 1.60 bits per heavy atom. The maximum Gasteiger partial charge on any atom is 0.0468 e. The van der Waals surface area contributed by atoms with Crippen LogP contribution in [0.25, 0.3) is 0 Å². The van der Waals surface area contributed by atoms with Gasteiger partial charge in [-0.1, -0.05) is 0 Å². The number of nitrogens with one attached hydrogen (secondary N) is 1. The predicted molar refractivity (Wildman–Crippen MR) is 41.8 cm³/mol. The maximum absolute atomic E-state index is 5.00. The zero-order valence-corrected chi connectivity index (χ0v) is 6.65. The van der Waals surface area contributed by atoms with Gasteiger partial charge in [0.05, 0.1) is 0 Å². The summed E-state index contributed by atoms with van der Waals surface area (Å²) in [4.78, 5) is 0. The summed E-state index contributed by atoms with van der Waals surface area (Å²) < 4.78 is 5.00. The van der Waals surface area contributed by atoms with Crippen LogP contribution in [0.4, 0.5) is 0 Å². The van der Waals surface area contributed by atoms with Crippen LogP contribution in [0.2, 0.25) is 0 Å². The average molecular weight is 142 g/mol. The maximum atomic E-state index is 5.00. The standard InChI is InChI=1S/C8H16NO/c1-10-6-4-8-3-2-5-9-7-8/h9H,2-7H2,1H3. The number of hydrogen-bond donors (Lipinski definition) is 1. The van der Waals surface area contributed by atoms with Crippen LogP contribution in [0, 0.1) is 5.92 Å². The van der Waals surface area contributed by atoms with Gasteiger partial charge < -0.3 is 10.1 Å². The van der Waals surface area contributed by atoms with E-state index in [0.717, 1.165) is 19.6 Å². The average Bonchev–Trinajstić information content (AvgIpc) is 2.03. The second-order valence-corrected chi connectivity index (χ2v) is 2.77. The minimum atomic E-state index is 0.886. The molecule has 0 spiro atoms. The Morgan fingerprint density at radius 2 is 2.50 bits per heavy atom. The quantitative estimate of drug-likeness (QED) is 0.634. The van der Waals surface area contributed by atoms with Crippen molar-refractivity contribution >= 4 is 0 Å². The number of hydrogen-bond acceptors (Lipinski definition) is 2. The van der Waals surface area contributed by atoms with E-state index >= 15 is 0 Å². The molecule has 0 aromatic heterocycles. The molecule has 59 valence electrons. The van der Waals surface area contributed by atoms with Crippen LogP contribution in [0.5, 0.6) is 0 Å². The Bertz CT molecular complexity index is 79.3. The molecule has 1 radical (unpaired) electrons. The van der Waals surface area contributed by atoms with Crippen molar-refractivity contribution in [3.05, 3.63) is 5.92 Å². The van der Waals surface area contributed by atoms with Crippen molar-refractivity contribution in [1.82, 2.24) is 5.32 Å². The molecule has 0 aromatic rings. The molecule has 1 rings (SSSR count). The molecule has 0 atom stereocenters. The molecular formula is C8H16NO. The number of piperidine rings is 1. The molecular weight excluding hydrogens is 126 g/mol. The second-order valence-electron chi connectivity index (χ2n) is 2.77. The molecule has 1 aliphatic rings. The molecule has 1 fully saturated rings. The minimum absolute atomic E-state index is 0.886. The Labute approximate surface area is 63.0 Å². The van der Waals surface area contributed by atoms with Gasteiger partial charge in [-0.3, -0.25) is 0 Å².